The number of rotatable bonds is 4. The lowest BCUT2D eigenvalue weighted by Gasteiger charge is -2.12. The van der Waals surface area contributed by atoms with Gasteiger partial charge >= 0.3 is 0 Å². The third kappa shape index (κ3) is 3.57. The molecule has 1 aliphatic rings. The molecule has 0 bridgehead atoms. The van der Waals surface area contributed by atoms with Crippen molar-refractivity contribution in [3.05, 3.63) is 11.6 Å². The van der Waals surface area contributed by atoms with E-state index in [0.717, 1.165) is 31.6 Å². The molecule has 0 aromatic carbocycles. The molecular formula is C10H13Cl3N4. The minimum atomic E-state index is -1.60. The van der Waals surface area contributed by atoms with Crippen molar-refractivity contribution in [1.82, 2.24) is 15.0 Å². The molecule has 1 aromatic rings. The van der Waals surface area contributed by atoms with E-state index in [1.165, 1.54) is 0 Å². The van der Waals surface area contributed by atoms with Crippen molar-refractivity contribution in [2.75, 3.05) is 11.9 Å². The predicted molar refractivity (Wildman–Crippen MR) is 69.8 cm³/mol. The van der Waals surface area contributed by atoms with Gasteiger partial charge in [0.2, 0.25) is 9.74 Å². The number of hydrogen-bond donors (Lipinski definition) is 1. The molecule has 17 heavy (non-hydrogen) atoms. The van der Waals surface area contributed by atoms with E-state index < -0.39 is 3.79 Å². The first-order chi connectivity index (χ1) is 8.00. The molecule has 0 amide bonds. The highest BCUT2D eigenvalue weighted by molar-refractivity contribution is 6.66. The van der Waals surface area contributed by atoms with E-state index in [4.69, 9.17) is 34.8 Å². The molecule has 7 heteroatoms. The molecule has 94 valence electrons. The molecule has 1 aliphatic carbocycles. The molecule has 0 radical (unpaired) electrons. The first-order valence-electron chi connectivity index (χ1n) is 5.57. The summed E-state index contributed by atoms with van der Waals surface area (Å²) in [6, 6.07) is 0. The number of aromatic nitrogens is 3. The third-order valence-corrected chi connectivity index (χ3v) is 2.89. The van der Waals surface area contributed by atoms with E-state index in [1.807, 2.05) is 0 Å². The van der Waals surface area contributed by atoms with Crippen molar-refractivity contribution in [3.8, 4) is 0 Å². The van der Waals surface area contributed by atoms with Gasteiger partial charge in [-0.1, -0.05) is 41.7 Å². The van der Waals surface area contributed by atoms with Gasteiger partial charge in [-0.25, -0.2) is 4.98 Å². The van der Waals surface area contributed by atoms with Gasteiger partial charge in [0.15, 0.2) is 5.82 Å². The van der Waals surface area contributed by atoms with Gasteiger partial charge < -0.3 is 5.32 Å². The van der Waals surface area contributed by atoms with Gasteiger partial charge in [-0.2, -0.15) is 9.97 Å². The van der Waals surface area contributed by atoms with Crippen LogP contribution in [0.1, 0.15) is 43.8 Å². The summed E-state index contributed by atoms with van der Waals surface area (Å²) in [7, 11) is 0. The van der Waals surface area contributed by atoms with Crippen LogP contribution in [0.3, 0.4) is 0 Å². The van der Waals surface area contributed by atoms with E-state index >= 15 is 0 Å². The van der Waals surface area contributed by atoms with Gasteiger partial charge in [-0.3, -0.25) is 0 Å². The number of alkyl halides is 3. The molecule has 1 aromatic heterocycles. The Labute approximate surface area is 115 Å². The molecule has 0 spiro atoms. The number of halogens is 3. The van der Waals surface area contributed by atoms with Crippen molar-refractivity contribution in [2.24, 2.45) is 0 Å². The average molecular weight is 296 g/mol. The van der Waals surface area contributed by atoms with Gasteiger partial charge in [0.1, 0.15) is 5.82 Å². The zero-order chi connectivity index (χ0) is 12.5. The Morgan fingerprint density at radius 3 is 2.47 bits per heavy atom. The van der Waals surface area contributed by atoms with Gasteiger partial charge in [0, 0.05) is 12.5 Å². The van der Waals surface area contributed by atoms with Gasteiger partial charge in [0.25, 0.3) is 0 Å². The predicted octanol–water partition coefficient (Wildman–Crippen LogP) is 3.40. The van der Waals surface area contributed by atoms with Crippen molar-refractivity contribution in [3.63, 3.8) is 0 Å². The lowest BCUT2D eigenvalue weighted by Crippen LogP contribution is -2.14. The summed E-state index contributed by atoms with van der Waals surface area (Å²) in [6.45, 7) is 2.85. The van der Waals surface area contributed by atoms with Crippen LogP contribution in [0.2, 0.25) is 0 Å². The van der Waals surface area contributed by atoms with Crippen LogP contribution in [0.4, 0.5) is 5.95 Å². The highest BCUT2D eigenvalue weighted by Gasteiger charge is 2.32. The summed E-state index contributed by atoms with van der Waals surface area (Å²) < 4.78 is -1.60. The summed E-state index contributed by atoms with van der Waals surface area (Å²) in [5.74, 6) is 1.80. The highest BCUT2D eigenvalue weighted by Crippen LogP contribution is 2.41. The maximum Gasteiger partial charge on any atom is 0.250 e. The Bertz CT molecular complexity index is 401. The number of anilines is 1. The summed E-state index contributed by atoms with van der Waals surface area (Å²) >= 11 is 17.4. The molecule has 0 atom stereocenters. The maximum atomic E-state index is 5.81. The van der Waals surface area contributed by atoms with E-state index in [2.05, 4.69) is 27.2 Å². The zero-order valence-corrected chi connectivity index (χ0v) is 11.6. The topological polar surface area (TPSA) is 50.7 Å². The zero-order valence-electron chi connectivity index (χ0n) is 9.38. The standard InChI is InChI=1S/C10H13Cl3N4/c1-2-5-14-9-16-7(6-3-4-6)15-8(17-9)10(11,12)13/h6H,2-5H2,1H3,(H,14,15,16,17). The molecular weight excluding hydrogens is 282 g/mol. The number of hydrogen-bond acceptors (Lipinski definition) is 4. The van der Waals surface area contributed by atoms with Gasteiger partial charge in [0.05, 0.1) is 0 Å². The molecule has 4 nitrogen and oxygen atoms in total. The Kier molecular flexibility index (Phi) is 3.95. The minimum absolute atomic E-state index is 0.193. The summed E-state index contributed by atoms with van der Waals surface area (Å²) in [5.41, 5.74) is 0. The fraction of sp³-hybridized carbons (Fsp3) is 0.700. The number of nitrogens with one attached hydrogen (secondary N) is 1. The molecule has 0 saturated heterocycles. The van der Waals surface area contributed by atoms with Crippen LogP contribution < -0.4 is 5.32 Å². The third-order valence-electron chi connectivity index (χ3n) is 2.38. The molecule has 0 unspecified atom stereocenters. The molecule has 2 rings (SSSR count). The first kappa shape index (κ1) is 13.1. The van der Waals surface area contributed by atoms with Crippen LogP contribution in [0, 0.1) is 0 Å². The normalized spacial score (nSPS) is 16.0. The lowest BCUT2D eigenvalue weighted by molar-refractivity contribution is 0.820. The van der Waals surface area contributed by atoms with E-state index in [9.17, 15) is 0 Å². The average Bonchev–Trinajstić information content (AvgIpc) is 3.08. The molecule has 1 heterocycles. The SMILES string of the molecule is CCCNc1nc(C2CC2)nc(C(Cl)(Cl)Cl)n1. The van der Waals surface area contributed by atoms with Gasteiger partial charge in [-0.05, 0) is 19.3 Å². The summed E-state index contributed by atoms with van der Waals surface area (Å²) in [5, 5.41) is 3.09. The van der Waals surface area contributed by atoms with Crippen LogP contribution in [0.5, 0.6) is 0 Å². The second kappa shape index (κ2) is 5.12. The fourth-order valence-electron chi connectivity index (χ4n) is 1.36. The second-order valence-electron chi connectivity index (χ2n) is 4.04. The minimum Gasteiger partial charge on any atom is -0.354 e. The quantitative estimate of drug-likeness (QED) is 0.865. The molecule has 0 aliphatic heterocycles. The highest BCUT2D eigenvalue weighted by atomic mass is 35.6. The van der Waals surface area contributed by atoms with Crippen molar-refractivity contribution >= 4 is 40.8 Å². The van der Waals surface area contributed by atoms with Crippen LogP contribution in [0.15, 0.2) is 0 Å². The molecule has 1 N–H and O–H groups in total. The Morgan fingerprint density at radius 1 is 1.24 bits per heavy atom. The van der Waals surface area contributed by atoms with Crippen LogP contribution in [0.25, 0.3) is 0 Å². The van der Waals surface area contributed by atoms with Crippen molar-refractivity contribution < 1.29 is 0 Å². The second-order valence-corrected chi connectivity index (χ2v) is 6.32. The van der Waals surface area contributed by atoms with Crippen LogP contribution in [-0.4, -0.2) is 21.5 Å². The van der Waals surface area contributed by atoms with Crippen molar-refractivity contribution in [2.45, 2.75) is 35.9 Å². The Hall–Kier alpha value is -0.320. The van der Waals surface area contributed by atoms with E-state index in [1.54, 1.807) is 0 Å². The fourth-order valence-corrected chi connectivity index (χ4v) is 1.61. The Morgan fingerprint density at radius 2 is 1.94 bits per heavy atom. The van der Waals surface area contributed by atoms with Crippen LogP contribution >= 0.6 is 34.8 Å². The number of nitrogens with zero attached hydrogens (tertiary/aromatic N) is 3. The molecule has 1 saturated carbocycles. The summed E-state index contributed by atoms with van der Waals surface area (Å²) in [4.78, 5) is 12.7. The lowest BCUT2D eigenvalue weighted by atomic mass is 10.4. The van der Waals surface area contributed by atoms with E-state index in [0.29, 0.717) is 11.9 Å². The molecule has 1 fully saturated rings. The maximum absolute atomic E-state index is 5.81. The summed E-state index contributed by atoms with van der Waals surface area (Å²) in [6.07, 6.45) is 3.17. The van der Waals surface area contributed by atoms with E-state index in [-0.39, 0.29) is 5.82 Å². The van der Waals surface area contributed by atoms with Crippen molar-refractivity contribution in [1.29, 1.82) is 0 Å². The smallest absolute Gasteiger partial charge is 0.250 e. The Balaban J connectivity index is 2.28. The van der Waals surface area contributed by atoms with Crippen LogP contribution in [-0.2, 0) is 3.79 Å². The monoisotopic (exact) mass is 294 g/mol. The largest absolute Gasteiger partial charge is 0.354 e. The first-order valence-corrected chi connectivity index (χ1v) is 6.71. The van der Waals surface area contributed by atoms with Gasteiger partial charge in [-0.15, -0.1) is 0 Å².